The third-order valence-corrected chi connectivity index (χ3v) is 1.33. The predicted molar refractivity (Wildman–Crippen MR) is 74.3 cm³/mol. The molecule has 0 radical (unpaired) electrons. The molecule has 0 aromatic carbocycles. The van der Waals surface area contributed by atoms with E-state index in [-0.39, 0.29) is 0 Å². The number of rotatable bonds is 5. The van der Waals surface area contributed by atoms with E-state index in [9.17, 15) is 0 Å². The lowest BCUT2D eigenvalue weighted by atomic mass is 10.3. The Morgan fingerprint density at radius 3 is 1.69 bits per heavy atom. The van der Waals surface area contributed by atoms with Crippen LogP contribution in [0.15, 0.2) is 73.6 Å². The van der Waals surface area contributed by atoms with Crippen LogP contribution in [0.2, 0.25) is 0 Å². The van der Waals surface area contributed by atoms with E-state index in [0.717, 1.165) is 11.1 Å². The molecular weight excluding hydrogens is 196 g/mol. The fourth-order valence-electron chi connectivity index (χ4n) is 0.536. The molecule has 1 nitrogen and oxygen atoms in total. The van der Waals surface area contributed by atoms with Crippen molar-refractivity contribution < 1.29 is 4.74 Å². The molecule has 0 N–H and O–H groups in total. The molecule has 0 aliphatic rings. The van der Waals surface area contributed by atoms with Gasteiger partial charge in [0.15, 0.2) is 0 Å². The molecule has 0 saturated carbocycles. The Kier molecular flexibility index (Phi) is 11.8. The molecule has 1 heteroatoms. The molecule has 0 aromatic rings. The van der Waals surface area contributed by atoms with Gasteiger partial charge in [0, 0.05) is 0 Å². The number of allylic oxidation sites excluding steroid dienone is 7. The first-order valence-electron chi connectivity index (χ1n) is 4.95. The van der Waals surface area contributed by atoms with Crippen molar-refractivity contribution in [3.8, 4) is 0 Å². The van der Waals surface area contributed by atoms with Crippen LogP contribution in [0.4, 0.5) is 0 Å². The summed E-state index contributed by atoms with van der Waals surface area (Å²) < 4.78 is 4.78. The maximum Gasteiger partial charge on any atom is 0.111 e. The monoisotopic (exact) mass is 218 g/mol. The minimum atomic E-state index is 0.651. The molecule has 0 unspecified atom stereocenters. The molecule has 0 fully saturated rings. The summed E-state index contributed by atoms with van der Waals surface area (Å²) in [7, 11) is 1.59. The highest BCUT2D eigenvalue weighted by Gasteiger charge is 1.79. The lowest BCUT2D eigenvalue weighted by Crippen LogP contribution is -1.76. The van der Waals surface area contributed by atoms with E-state index in [1.165, 1.54) is 0 Å². The van der Waals surface area contributed by atoms with Gasteiger partial charge in [-0.15, -0.1) is 0 Å². The van der Waals surface area contributed by atoms with E-state index < -0.39 is 0 Å². The minimum absolute atomic E-state index is 0.651. The summed E-state index contributed by atoms with van der Waals surface area (Å²) in [6.07, 6.45) is 9.14. The Bertz CT molecular complexity index is 303. The standard InChI is InChI=1S/C8H12O.C7H10/c1-7(2)5-6-8(3)9-4;1-4-5-6-7(2)3/h5-6H,1,3H2,2,4H3;4-6H,1-2H2,3H3/b2*6-5-. The van der Waals surface area contributed by atoms with Gasteiger partial charge in [0.2, 0.25) is 0 Å². The van der Waals surface area contributed by atoms with Crippen molar-refractivity contribution in [2.45, 2.75) is 13.8 Å². The third-order valence-electron chi connectivity index (χ3n) is 1.33. The van der Waals surface area contributed by atoms with Crippen LogP contribution in [-0.4, -0.2) is 7.11 Å². The normalized spacial score (nSPS) is 9.44. The molecule has 0 spiro atoms. The van der Waals surface area contributed by atoms with Crippen molar-refractivity contribution in [2.24, 2.45) is 0 Å². The topological polar surface area (TPSA) is 9.23 Å². The summed E-state index contributed by atoms with van der Waals surface area (Å²) in [6, 6.07) is 0. The van der Waals surface area contributed by atoms with E-state index in [0.29, 0.717) is 5.76 Å². The van der Waals surface area contributed by atoms with E-state index in [2.05, 4.69) is 26.3 Å². The first-order chi connectivity index (χ1) is 7.43. The average Bonchev–Trinajstić information content (AvgIpc) is 2.23. The van der Waals surface area contributed by atoms with Crippen molar-refractivity contribution in [2.75, 3.05) is 7.11 Å². The molecule has 0 aliphatic carbocycles. The van der Waals surface area contributed by atoms with Crippen LogP contribution < -0.4 is 0 Å². The van der Waals surface area contributed by atoms with Gasteiger partial charge in [0.05, 0.1) is 7.11 Å². The fourth-order valence-corrected chi connectivity index (χ4v) is 0.536. The molecule has 0 atom stereocenters. The van der Waals surface area contributed by atoms with Crippen molar-refractivity contribution in [3.63, 3.8) is 0 Å². The second-order valence-corrected chi connectivity index (χ2v) is 3.29. The summed E-state index contributed by atoms with van der Waals surface area (Å²) in [4.78, 5) is 0. The van der Waals surface area contributed by atoms with Gasteiger partial charge in [-0.1, -0.05) is 61.8 Å². The second kappa shape index (κ2) is 11.3. The van der Waals surface area contributed by atoms with Crippen molar-refractivity contribution >= 4 is 0 Å². The molecule has 0 rings (SSSR count). The second-order valence-electron chi connectivity index (χ2n) is 3.29. The third kappa shape index (κ3) is 18.1. The summed E-state index contributed by atoms with van der Waals surface area (Å²) in [6.45, 7) is 18.3. The van der Waals surface area contributed by atoms with E-state index in [1.54, 1.807) is 19.3 Å². The molecule has 0 aromatic heterocycles. The number of ether oxygens (including phenoxy) is 1. The molecular formula is C15H22O. The molecule has 0 saturated heterocycles. The summed E-state index contributed by atoms with van der Waals surface area (Å²) >= 11 is 0. The maximum absolute atomic E-state index is 4.78. The van der Waals surface area contributed by atoms with Crippen LogP contribution in [0, 0.1) is 0 Å². The van der Waals surface area contributed by atoms with Gasteiger partial charge in [-0.25, -0.2) is 0 Å². The van der Waals surface area contributed by atoms with Gasteiger partial charge in [0.25, 0.3) is 0 Å². The van der Waals surface area contributed by atoms with Crippen LogP contribution in [0.3, 0.4) is 0 Å². The Balaban J connectivity index is 0. The molecule has 0 aliphatic heterocycles. The highest BCUT2D eigenvalue weighted by molar-refractivity contribution is 5.19. The number of methoxy groups -OCH3 is 1. The Labute approximate surface area is 99.8 Å². The van der Waals surface area contributed by atoms with Gasteiger partial charge in [0.1, 0.15) is 5.76 Å². The van der Waals surface area contributed by atoms with Gasteiger partial charge in [-0.3, -0.25) is 0 Å². The number of hydrogen-bond donors (Lipinski definition) is 0. The minimum Gasteiger partial charge on any atom is -0.497 e. The molecule has 0 bridgehead atoms. The summed E-state index contributed by atoms with van der Waals surface area (Å²) in [5.41, 5.74) is 2.05. The SMILES string of the molecule is C=C(C)/C=C\C(=C)OC.C=C/C=C\C(=C)C. The van der Waals surface area contributed by atoms with Crippen LogP contribution in [0.5, 0.6) is 0 Å². The van der Waals surface area contributed by atoms with Crippen molar-refractivity contribution in [3.05, 3.63) is 73.6 Å². The Morgan fingerprint density at radius 2 is 1.44 bits per heavy atom. The van der Waals surface area contributed by atoms with E-state index >= 15 is 0 Å². The van der Waals surface area contributed by atoms with E-state index in [1.807, 2.05) is 32.1 Å². The summed E-state index contributed by atoms with van der Waals surface area (Å²) in [5, 5.41) is 0. The van der Waals surface area contributed by atoms with Crippen molar-refractivity contribution in [1.82, 2.24) is 0 Å². The lowest BCUT2D eigenvalue weighted by Gasteiger charge is -1.93. The quantitative estimate of drug-likeness (QED) is 0.484. The van der Waals surface area contributed by atoms with Crippen LogP contribution in [0.25, 0.3) is 0 Å². The Morgan fingerprint density at radius 1 is 0.938 bits per heavy atom. The molecule has 16 heavy (non-hydrogen) atoms. The highest BCUT2D eigenvalue weighted by Crippen LogP contribution is 1.96. The van der Waals surface area contributed by atoms with Gasteiger partial charge >= 0.3 is 0 Å². The van der Waals surface area contributed by atoms with Gasteiger partial charge in [-0.05, 0) is 19.9 Å². The smallest absolute Gasteiger partial charge is 0.111 e. The largest absolute Gasteiger partial charge is 0.497 e. The van der Waals surface area contributed by atoms with Crippen LogP contribution in [-0.2, 0) is 4.74 Å². The highest BCUT2D eigenvalue weighted by atomic mass is 16.5. The molecule has 0 heterocycles. The molecule has 88 valence electrons. The fraction of sp³-hybridized carbons (Fsp3) is 0.200. The predicted octanol–water partition coefficient (Wildman–Crippen LogP) is 4.58. The lowest BCUT2D eigenvalue weighted by molar-refractivity contribution is 0.309. The zero-order valence-electron chi connectivity index (χ0n) is 10.6. The number of hydrogen-bond acceptors (Lipinski definition) is 1. The van der Waals surface area contributed by atoms with Crippen LogP contribution >= 0.6 is 0 Å². The Hall–Kier alpha value is -1.76. The van der Waals surface area contributed by atoms with Crippen molar-refractivity contribution in [1.29, 1.82) is 0 Å². The van der Waals surface area contributed by atoms with Gasteiger partial charge in [-0.2, -0.15) is 0 Å². The van der Waals surface area contributed by atoms with Gasteiger partial charge < -0.3 is 4.74 Å². The van der Waals surface area contributed by atoms with Crippen LogP contribution in [0.1, 0.15) is 13.8 Å². The molecule has 0 amide bonds. The average molecular weight is 218 g/mol. The van der Waals surface area contributed by atoms with E-state index in [4.69, 9.17) is 4.74 Å². The zero-order valence-corrected chi connectivity index (χ0v) is 10.6. The maximum atomic E-state index is 4.78. The first-order valence-corrected chi connectivity index (χ1v) is 4.95. The summed E-state index contributed by atoms with van der Waals surface area (Å²) in [5.74, 6) is 0.651. The first kappa shape index (κ1) is 16.7. The zero-order chi connectivity index (χ0) is 13.0.